The molecule has 0 saturated heterocycles. The average Bonchev–Trinajstić information content (AvgIpc) is 3.14. The van der Waals surface area contributed by atoms with Crippen molar-refractivity contribution in [3.63, 3.8) is 0 Å². The smallest absolute Gasteiger partial charge is 0.328 e. The summed E-state index contributed by atoms with van der Waals surface area (Å²) in [6.07, 6.45) is 5.10. The van der Waals surface area contributed by atoms with Crippen molar-refractivity contribution >= 4 is 11.9 Å². The zero-order valence-electron chi connectivity index (χ0n) is 12.8. The molecule has 2 aromatic rings. The third kappa shape index (κ3) is 3.33. The molecule has 22 heavy (non-hydrogen) atoms. The average molecular weight is 305 g/mol. The quantitative estimate of drug-likeness (QED) is 0.860. The summed E-state index contributed by atoms with van der Waals surface area (Å²) in [5, 5.41) is 17.1. The number of nitrogens with zero attached hydrogens (tertiary/aromatic N) is 5. The van der Waals surface area contributed by atoms with E-state index in [1.807, 2.05) is 13.1 Å². The predicted molar refractivity (Wildman–Crippen MR) is 78.3 cm³/mol. The summed E-state index contributed by atoms with van der Waals surface area (Å²) >= 11 is 0. The van der Waals surface area contributed by atoms with Crippen LogP contribution >= 0.6 is 0 Å². The van der Waals surface area contributed by atoms with Crippen molar-refractivity contribution in [1.29, 1.82) is 0 Å². The Balaban J connectivity index is 2.05. The minimum atomic E-state index is -0.998. The van der Waals surface area contributed by atoms with Crippen molar-refractivity contribution < 1.29 is 14.7 Å². The van der Waals surface area contributed by atoms with Crippen LogP contribution in [0.15, 0.2) is 24.7 Å². The summed E-state index contributed by atoms with van der Waals surface area (Å²) in [7, 11) is 1.67. The van der Waals surface area contributed by atoms with E-state index in [0.717, 1.165) is 12.1 Å². The molecule has 118 valence electrons. The van der Waals surface area contributed by atoms with Crippen LogP contribution in [0.1, 0.15) is 35.9 Å². The van der Waals surface area contributed by atoms with Gasteiger partial charge in [0.2, 0.25) is 0 Å². The number of hydrogen-bond acceptors (Lipinski definition) is 4. The molecule has 0 radical (unpaired) electrons. The van der Waals surface area contributed by atoms with E-state index in [4.69, 9.17) is 5.11 Å². The molecule has 1 unspecified atom stereocenters. The van der Waals surface area contributed by atoms with E-state index in [9.17, 15) is 9.59 Å². The van der Waals surface area contributed by atoms with Crippen molar-refractivity contribution in [1.82, 2.24) is 24.5 Å². The first-order valence-corrected chi connectivity index (χ1v) is 6.97. The fourth-order valence-electron chi connectivity index (χ4n) is 1.98. The van der Waals surface area contributed by atoms with Gasteiger partial charge < -0.3 is 10.0 Å². The van der Waals surface area contributed by atoms with E-state index in [-0.39, 0.29) is 11.6 Å². The van der Waals surface area contributed by atoms with Gasteiger partial charge in [0.25, 0.3) is 5.91 Å². The molecule has 0 aromatic carbocycles. The Kier molecular flexibility index (Phi) is 4.59. The highest BCUT2D eigenvalue weighted by molar-refractivity contribution is 5.92. The second-order valence-corrected chi connectivity index (χ2v) is 5.06. The Morgan fingerprint density at radius 2 is 2.18 bits per heavy atom. The topological polar surface area (TPSA) is 93.2 Å². The van der Waals surface area contributed by atoms with Crippen LogP contribution < -0.4 is 0 Å². The first kappa shape index (κ1) is 15.7. The molecular formula is C14H19N5O3. The van der Waals surface area contributed by atoms with Crippen LogP contribution in [0.3, 0.4) is 0 Å². The molecule has 0 saturated carbocycles. The highest BCUT2D eigenvalue weighted by Crippen LogP contribution is 2.09. The fourth-order valence-corrected chi connectivity index (χ4v) is 1.98. The van der Waals surface area contributed by atoms with E-state index in [1.165, 1.54) is 28.8 Å². The first-order valence-electron chi connectivity index (χ1n) is 6.97. The SMILES string of the molecule is CCn1cc(CN(C)C(=O)c2ccn(C(C)C(=O)O)n2)cn1. The van der Waals surface area contributed by atoms with Gasteiger partial charge in [-0.25, -0.2) is 4.79 Å². The van der Waals surface area contributed by atoms with Gasteiger partial charge in [-0.05, 0) is 19.9 Å². The molecule has 2 aromatic heterocycles. The van der Waals surface area contributed by atoms with Gasteiger partial charge in [-0.1, -0.05) is 0 Å². The van der Waals surface area contributed by atoms with Crippen LogP contribution in [0.25, 0.3) is 0 Å². The molecule has 1 N–H and O–H groups in total. The summed E-state index contributed by atoms with van der Waals surface area (Å²) < 4.78 is 3.05. The number of aryl methyl sites for hydroxylation is 1. The Hall–Kier alpha value is -2.64. The van der Waals surface area contributed by atoms with Crippen LogP contribution in [0.2, 0.25) is 0 Å². The lowest BCUT2D eigenvalue weighted by Crippen LogP contribution is -2.27. The van der Waals surface area contributed by atoms with Crippen molar-refractivity contribution in [2.24, 2.45) is 0 Å². The van der Waals surface area contributed by atoms with Gasteiger partial charge in [-0.15, -0.1) is 0 Å². The molecule has 0 fully saturated rings. The molecule has 2 rings (SSSR count). The summed E-state index contributed by atoms with van der Waals surface area (Å²) in [6, 6.07) is 0.711. The lowest BCUT2D eigenvalue weighted by Gasteiger charge is -2.14. The lowest BCUT2D eigenvalue weighted by atomic mass is 10.3. The molecule has 0 aliphatic rings. The van der Waals surface area contributed by atoms with Crippen molar-refractivity contribution in [3.05, 3.63) is 35.9 Å². The maximum atomic E-state index is 12.3. The first-order chi connectivity index (χ1) is 10.4. The third-order valence-electron chi connectivity index (χ3n) is 3.36. The summed E-state index contributed by atoms with van der Waals surface area (Å²) in [5.74, 6) is -1.26. The van der Waals surface area contributed by atoms with Gasteiger partial charge in [-0.2, -0.15) is 10.2 Å². The minimum Gasteiger partial charge on any atom is -0.480 e. The lowest BCUT2D eigenvalue weighted by molar-refractivity contribution is -0.140. The van der Waals surface area contributed by atoms with Crippen LogP contribution in [-0.4, -0.2) is 48.5 Å². The molecule has 1 amide bonds. The van der Waals surface area contributed by atoms with Crippen LogP contribution in [0.4, 0.5) is 0 Å². The van der Waals surface area contributed by atoms with E-state index in [2.05, 4.69) is 10.2 Å². The highest BCUT2D eigenvalue weighted by atomic mass is 16.4. The second-order valence-electron chi connectivity index (χ2n) is 5.06. The Morgan fingerprint density at radius 3 is 2.77 bits per heavy atom. The van der Waals surface area contributed by atoms with E-state index < -0.39 is 12.0 Å². The summed E-state index contributed by atoms with van der Waals surface area (Å²) in [6.45, 7) is 4.68. The Morgan fingerprint density at radius 1 is 1.45 bits per heavy atom. The number of aliphatic carboxylic acids is 1. The third-order valence-corrected chi connectivity index (χ3v) is 3.36. The maximum Gasteiger partial charge on any atom is 0.328 e. The zero-order chi connectivity index (χ0) is 16.3. The molecule has 0 spiro atoms. The van der Waals surface area contributed by atoms with E-state index in [1.54, 1.807) is 17.9 Å². The number of carbonyl (C=O) groups excluding carboxylic acids is 1. The monoisotopic (exact) mass is 305 g/mol. The van der Waals surface area contributed by atoms with Crippen molar-refractivity contribution in [2.45, 2.75) is 33.0 Å². The van der Waals surface area contributed by atoms with Gasteiger partial charge in [0.1, 0.15) is 11.7 Å². The Bertz CT molecular complexity index is 676. The molecular weight excluding hydrogens is 286 g/mol. The van der Waals surface area contributed by atoms with Gasteiger partial charge in [0, 0.05) is 38.1 Å². The molecule has 1 atom stereocenters. The molecule has 0 aliphatic heterocycles. The molecule has 0 aliphatic carbocycles. The van der Waals surface area contributed by atoms with Crippen LogP contribution in [0, 0.1) is 0 Å². The highest BCUT2D eigenvalue weighted by Gasteiger charge is 2.19. The van der Waals surface area contributed by atoms with Gasteiger partial charge in [0.05, 0.1) is 6.20 Å². The number of hydrogen-bond donors (Lipinski definition) is 1. The predicted octanol–water partition coefficient (Wildman–Crippen LogP) is 1.02. The Labute approximate surface area is 127 Å². The minimum absolute atomic E-state index is 0.221. The number of amides is 1. The molecule has 8 nitrogen and oxygen atoms in total. The molecule has 8 heteroatoms. The number of carboxylic acid groups (broad SMARTS) is 1. The standard InChI is InChI=1S/C14H19N5O3/c1-4-18-9-11(7-15-18)8-17(3)13(20)12-5-6-19(16-12)10(2)14(21)22/h5-7,9-10H,4,8H2,1-3H3,(H,21,22). The number of carboxylic acids is 1. The van der Waals surface area contributed by atoms with Gasteiger partial charge >= 0.3 is 5.97 Å². The summed E-state index contributed by atoms with van der Waals surface area (Å²) in [4.78, 5) is 24.7. The maximum absolute atomic E-state index is 12.3. The largest absolute Gasteiger partial charge is 0.480 e. The van der Waals surface area contributed by atoms with E-state index >= 15 is 0 Å². The van der Waals surface area contributed by atoms with Gasteiger partial charge in [0.15, 0.2) is 0 Å². The number of aromatic nitrogens is 4. The zero-order valence-corrected chi connectivity index (χ0v) is 12.8. The second kappa shape index (κ2) is 6.42. The number of carbonyl (C=O) groups is 2. The van der Waals surface area contributed by atoms with E-state index in [0.29, 0.717) is 6.54 Å². The van der Waals surface area contributed by atoms with Crippen LogP contribution in [-0.2, 0) is 17.9 Å². The van der Waals surface area contributed by atoms with Gasteiger partial charge in [-0.3, -0.25) is 14.2 Å². The molecule has 0 bridgehead atoms. The fraction of sp³-hybridized carbons (Fsp3) is 0.429. The normalized spacial score (nSPS) is 12.1. The van der Waals surface area contributed by atoms with Crippen molar-refractivity contribution in [3.8, 4) is 0 Å². The molecule has 2 heterocycles. The summed E-state index contributed by atoms with van der Waals surface area (Å²) in [5.41, 5.74) is 1.15. The van der Waals surface area contributed by atoms with Crippen molar-refractivity contribution in [2.75, 3.05) is 7.05 Å². The van der Waals surface area contributed by atoms with Crippen LogP contribution in [0.5, 0.6) is 0 Å². The number of rotatable bonds is 6.